The van der Waals surface area contributed by atoms with E-state index in [1.165, 1.54) is 51.4 Å². The first-order valence-corrected chi connectivity index (χ1v) is 4.65. The van der Waals surface area contributed by atoms with Gasteiger partial charge in [-0.3, -0.25) is 0 Å². The van der Waals surface area contributed by atoms with Gasteiger partial charge in [-0.2, -0.15) is 0 Å². The lowest BCUT2D eigenvalue weighted by Crippen LogP contribution is -2.18. The molecule has 1 aliphatic carbocycles. The highest BCUT2D eigenvalue weighted by Crippen LogP contribution is 2.15. The fourth-order valence-electron chi connectivity index (χ4n) is 1.66. The van der Waals surface area contributed by atoms with Crippen molar-refractivity contribution in [2.75, 3.05) is 0 Å². The molecule has 1 aliphatic rings. The van der Waals surface area contributed by atoms with Gasteiger partial charge in [-0.05, 0) is 12.8 Å². The van der Waals surface area contributed by atoms with Crippen molar-refractivity contribution in [3.63, 3.8) is 0 Å². The first-order valence-electron chi connectivity index (χ1n) is 4.65. The fourth-order valence-corrected chi connectivity index (χ4v) is 1.66. The molecule has 0 amide bonds. The van der Waals surface area contributed by atoms with Crippen LogP contribution in [0.25, 0.3) is 0 Å². The molecule has 2 N–H and O–H groups in total. The predicted octanol–water partition coefficient (Wildman–Crippen LogP) is 2.45. The summed E-state index contributed by atoms with van der Waals surface area (Å²) in [5, 5.41) is 0. The molecule has 0 bridgehead atoms. The van der Waals surface area contributed by atoms with Gasteiger partial charge in [-0.25, -0.2) is 0 Å². The smallest absolute Gasteiger partial charge is 0.00388 e. The van der Waals surface area contributed by atoms with Crippen molar-refractivity contribution in [2.45, 2.75) is 57.4 Å². The Kier molecular flexibility index (Phi) is 3.81. The zero-order valence-electron chi connectivity index (χ0n) is 6.81. The van der Waals surface area contributed by atoms with Crippen molar-refractivity contribution < 1.29 is 0 Å². The first kappa shape index (κ1) is 8.06. The van der Waals surface area contributed by atoms with Crippen LogP contribution in [0.2, 0.25) is 0 Å². The maximum atomic E-state index is 5.87. The van der Waals surface area contributed by atoms with Gasteiger partial charge in [0.2, 0.25) is 0 Å². The van der Waals surface area contributed by atoms with Gasteiger partial charge in [-0.15, -0.1) is 0 Å². The number of hydrogen-bond acceptors (Lipinski definition) is 1. The second-order valence-corrected chi connectivity index (χ2v) is 3.46. The molecule has 0 aromatic rings. The van der Waals surface area contributed by atoms with Crippen LogP contribution in [0.4, 0.5) is 0 Å². The van der Waals surface area contributed by atoms with E-state index in [0.29, 0.717) is 6.04 Å². The van der Waals surface area contributed by atoms with E-state index in [9.17, 15) is 0 Å². The highest BCUT2D eigenvalue weighted by molar-refractivity contribution is 4.63. The van der Waals surface area contributed by atoms with Gasteiger partial charge in [0.15, 0.2) is 0 Å². The summed E-state index contributed by atoms with van der Waals surface area (Å²) in [4.78, 5) is 0. The third-order valence-electron chi connectivity index (χ3n) is 2.40. The van der Waals surface area contributed by atoms with Gasteiger partial charge in [-0.1, -0.05) is 38.5 Å². The Morgan fingerprint density at radius 1 is 0.700 bits per heavy atom. The molecular formula is C9H19N. The fraction of sp³-hybridized carbons (Fsp3) is 1.00. The van der Waals surface area contributed by atoms with Crippen LogP contribution in [-0.4, -0.2) is 6.04 Å². The third kappa shape index (κ3) is 3.21. The average molecular weight is 141 g/mol. The lowest BCUT2D eigenvalue weighted by molar-refractivity contribution is 0.534. The molecule has 0 spiro atoms. The molecule has 1 nitrogen and oxygen atoms in total. The van der Waals surface area contributed by atoms with Crippen LogP contribution in [0.5, 0.6) is 0 Å². The summed E-state index contributed by atoms with van der Waals surface area (Å²) < 4.78 is 0. The molecule has 1 saturated carbocycles. The van der Waals surface area contributed by atoms with Crippen LogP contribution in [0.3, 0.4) is 0 Å². The standard InChI is InChI=1S/C9H19N/c10-9-7-5-3-1-2-4-6-8-9/h9H,1-8,10H2. The monoisotopic (exact) mass is 141 g/mol. The lowest BCUT2D eigenvalue weighted by atomic mass is 10.1. The van der Waals surface area contributed by atoms with Gasteiger partial charge in [0.05, 0.1) is 0 Å². The highest BCUT2D eigenvalue weighted by Gasteiger charge is 2.04. The number of rotatable bonds is 0. The Balaban J connectivity index is 2.15. The quantitative estimate of drug-likeness (QED) is 0.551. The summed E-state index contributed by atoms with van der Waals surface area (Å²) in [5.41, 5.74) is 5.87. The van der Waals surface area contributed by atoms with Crippen LogP contribution in [0, 0.1) is 0 Å². The Hall–Kier alpha value is -0.0400. The molecule has 0 aromatic heterocycles. The summed E-state index contributed by atoms with van der Waals surface area (Å²) in [7, 11) is 0. The van der Waals surface area contributed by atoms with Crippen LogP contribution in [0.15, 0.2) is 0 Å². The molecule has 1 fully saturated rings. The van der Waals surface area contributed by atoms with E-state index in [1.54, 1.807) is 0 Å². The average Bonchev–Trinajstić information content (AvgIpc) is 2.02. The zero-order valence-corrected chi connectivity index (χ0v) is 6.81. The molecule has 0 saturated heterocycles. The van der Waals surface area contributed by atoms with E-state index in [-0.39, 0.29) is 0 Å². The summed E-state index contributed by atoms with van der Waals surface area (Å²) in [6.07, 6.45) is 10.9. The molecule has 1 heteroatoms. The summed E-state index contributed by atoms with van der Waals surface area (Å²) in [5.74, 6) is 0. The van der Waals surface area contributed by atoms with E-state index < -0.39 is 0 Å². The van der Waals surface area contributed by atoms with E-state index in [0.717, 1.165) is 0 Å². The van der Waals surface area contributed by atoms with Crippen molar-refractivity contribution in [1.29, 1.82) is 0 Å². The summed E-state index contributed by atoms with van der Waals surface area (Å²) in [6, 6.07) is 0.512. The van der Waals surface area contributed by atoms with E-state index >= 15 is 0 Å². The second-order valence-electron chi connectivity index (χ2n) is 3.46. The summed E-state index contributed by atoms with van der Waals surface area (Å²) >= 11 is 0. The molecule has 0 atom stereocenters. The Labute approximate surface area is 64.0 Å². The molecule has 60 valence electrons. The largest absolute Gasteiger partial charge is 0.328 e. The Morgan fingerprint density at radius 2 is 1.10 bits per heavy atom. The number of nitrogens with two attached hydrogens (primary N) is 1. The van der Waals surface area contributed by atoms with Gasteiger partial charge >= 0.3 is 0 Å². The van der Waals surface area contributed by atoms with Crippen LogP contribution < -0.4 is 5.73 Å². The van der Waals surface area contributed by atoms with Gasteiger partial charge in [0, 0.05) is 6.04 Å². The van der Waals surface area contributed by atoms with Crippen molar-refractivity contribution in [3.05, 3.63) is 0 Å². The SMILES string of the molecule is NC1CCCCCCCC1. The molecule has 0 radical (unpaired) electrons. The molecule has 10 heavy (non-hydrogen) atoms. The predicted molar refractivity (Wildman–Crippen MR) is 44.9 cm³/mol. The molecule has 1 rings (SSSR count). The maximum absolute atomic E-state index is 5.87. The van der Waals surface area contributed by atoms with Crippen molar-refractivity contribution in [3.8, 4) is 0 Å². The first-order chi connectivity index (χ1) is 4.89. The maximum Gasteiger partial charge on any atom is 0.00388 e. The van der Waals surface area contributed by atoms with Gasteiger partial charge in [0.1, 0.15) is 0 Å². The van der Waals surface area contributed by atoms with Crippen molar-refractivity contribution >= 4 is 0 Å². The summed E-state index contributed by atoms with van der Waals surface area (Å²) in [6.45, 7) is 0. The van der Waals surface area contributed by atoms with E-state index in [1.807, 2.05) is 0 Å². The van der Waals surface area contributed by atoms with Crippen LogP contribution in [0.1, 0.15) is 51.4 Å². The van der Waals surface area contributed by atoms with Gasteiger partial charge < -0.3 is 5.73 Å². The van der Waals surface area contributed by atoms with Crippen LogP contribution in [-0.2, 0) is 0 Å². The molecular weight excluding hydrogens is 122 g/mol. The lowest BCUT2D eigenvalue weighted by Gasteiger charge is -2.07. The van der Waals surface area contributed by atoms with Crippen LogP contribution >= 0.6 is 0 Å². The van der Waals surface area contributed by atoms with E-state index in [4.69, 9.17) is 5.73 Å². The second kappa shape index (κ2) is 4.73. The zero-order chi connectivity index (χ0) is 7.23. The number of hydrogen-bond donors (Lipinski definition) is 1. The van der Waals surface area contributed by atoms with Gasteiger partial charge in [0.25, 0.3) is 0 Å². The Bertz CT molecular complexity index is 70.8. The normalized spacial score (nSPS) is 24.9. The highest BCUT2D eigenvalue weighted by atomic mass is 14.6. The third-order valence-corrected chi connectivity index (χ3v) is 2.40. The molecule has 0 aliphatic heterocycles. The minimum Gasteiger partial charge on any atom is -0.328 e. The van der Waals surface area contributed by atoms with E-state index in [2.05, 4.69) is 0 Å². The molecule has 0 aromatic carbocycles. The minimum atomic E-state index is 0.512. The topological polar surface area (TPSA) is 26.0 Å². The molecule has 0 heterocycles. The molecule has 0 unspecified atom stereocenters. The van der Waals surface area contributed by atoms with Crippen molar-refractivity contribution in [2.24, 2.45) is 5.73 Å². The minimum absolute atomic E-state index is 0.512. The van der Waals surface area contributed by atoms with Crippen molar-refractivity contribution in [1.82, 2.24) is 0 Å². The Morgan fingerprint density at radius 3 is 1.60 bits per heavy atom.